The molecule has 0 saturated carbocycles. The highest BCUT2D eigenvalue weighted by Crippen LogP contribution is 2.25. The van der Waals surface area contributed by atoms with E-state index < -0.39 is 0 Å². The topological polar surface area (TPSA) is 38.3 Å². The fraction of sp³-hybridized carbons (Fsp3) is 0.444. The molecule has 2 heterocycles. The third-order valence-electron chi connectivity index (χ3n) is 2.22. The molecule has 1 aromatic rings. The summed E-state index contributed by atoms with van der Waals surface area (Å²) in [6.45, 7) is 1.80. The van der Waals surface area contributed by atoms with Crippen LogP contribution in [0.15, 0.2) is 5.38 Å². The Hall–Kier alpha value is -0.870. The van der Waals surface area contributed by atoms with Crippen molar-refractivity contribution in [1.82, 2.24) is 5.32 Å². The zero-order valence-corrected chi connectivity index (χ0v) is 8.24. The SMILES string of the molecule is COC(=O)c1csc2c1CNCC2. The zero-order chi connectivity index (χ0) is 9.26. The summed E-state index contributed by atoms with van der Waals surface area (Å²) in [5.41, 5.74) is 1.86. The summed E-state index contributed by atoms with van der Waals surface area (Å²) in [4.78, 5) is 12.6. The van der Waals surface area contributed by atoms with Gasteiger partial charge in [-0.15, -0.1) is 11.3 Å². The Kier molecular flexibility index (Phi) is 2.33. The third kappa shape index (κ3) is 1.47. The second kappa shape index (κ2) is 3.47. The molecule has 0 fully saturated rings. The molecule has 1 aliphatic heterocycles. The predicted octanol–water partition coefficient (Wildman–Crippen LogP) is 1.18. The van der Waals surface area contributed by atoms with Crippen LogP contribution in [0.5, 0.6) is 0 Å². The van der Waals surface area contributed by atoms with Gasteiger partial charge in [-0.25, -0.2) is 4.79 Å². The van der Waals surface area contributed by atoms with Crippen LogP contribution in [-0.4, -0.2) is 19.6 Å². The van der Waals surface area contributed by atoms with Gasteiger partial charge in [0.25, 0.3) is 0 Å². The van der Waals surface area contributed by atoms with E-state index in [1.54, 1.807) is 11.3 Å². The molecule has 0 aromatic carbocycles. The summed E-state index contributed by atoms with van der Waals surface area (Å²) >= 11 is 1.65. The Morgan fingerprint density at radius 2 is 2.54 bits per heavy atom. The van der Waals surface area contributed by atoms with Gasteiger partial charge in [0.05, 0.1) is 12.7 Å². The van der Waals surface area contributed by atoms with Crippen molar-refractivity contribution in [1.29, 1.82) is 0 Å². The van der Waals surface area contributed by atoms with Crippen LogP contribution in [0.1, 0.15) is 20.8 Å². The van der Waals surface area contributed by atoms with Crippen molar-refractivity contribution in [3.63, 3.8) is 0 Å². The molecule has 1 aromatic heterocycles. The van der Waals surface area contributed by atoms with Crippen molar-refractivity contribution in [2.24, 2.45) is 0 Å². The predicted molar refractivity (Wildman–Crippen MR) is 51.1 cm³/mol. The van der Waals surface area contributed by atoms with Crippen molar-refractivity contribution >= 4 is 17.3 Å². The average Bonchev–Trinajstić information content (AvgIpc) is 2.60. The largest absolute Gasteiger partial charge is 0.465 e. The van der Waals surface area contributed by atoms with Gasteiger partial charge >= 0.3 is 5.97 Å². The molecule has 0 spiro atoms. The highest BCUT2D eigenvalue weighted by Gasteiger charge is 2.19. The van der Waals surface area contributed by atoms with Crippen molar-refractivity contribution in [2.45, 2.75) is 13.0 Å². The van der Waals surface area contributed by atoms with Gasteiger partial charge in [-0.1, -0.05) is 0 Å². The molecule has 0 bridgehead atoms. The number of carbonyl (C=O) groups excluding carboxylic acids is 1. The van der Waals surface area contributed by atoms with Gasteiger partial charge in [0.15, 0.2) is 0 Å². The zero-order valence-electron chi connectivity index (χ0n) is 7.42. The fourth-order valence-corrected chi connectivity index (χ4v) is 2.57. The molecule has 13 heavy (non-hydrogen) atoms. The summed E-state index contributed by atoms with van der Waals surface area (Å²) in [6, 6.07) is 0. The molecule has 2 rings (SSSR count). The monoisotopic (exact) mass is 197 g/mol. The first-order valence-electron chi connectivity index (χ1n) is 4.21. The van der Waals surface area contributed by atoms with Crippen LogP contribution in [0.2, 0.25) is 0 Å². The maximum Gasteiger partial charge on any atom is 0.339 e. The minimum Gasteiger partial charge on any atom is -0.465 e. The Morgan fingerprint density at radius 3 is 3.31 bits per heavy atom. The van der Waals surface area contributed by atoms with E-state index in [4.69, 9.17) is 4.74 Å². The molecular weight excluding hydrogens is 186 g/mol. The lowest BCUT2D eigenvalue weighted by molar-refractivity contribution is 0.0600. The van der Waals surface area contributed by atoms with E-state index in [-0.39, 0.29) is 5.97 Å². The standard InChI is InChI=1S/C9H11NO2S/c1-12-9(11)7-5-13-8-2-3-10-4-6(7)8/h5,10H,2-4H2,1H3. The van der Waals surface area contributed by atoms with Gasteiger partial charge in [-0.05, 0) is 12.0 Å². The first-order chi connectivity index (χ1) is 6.33. The van der Waals surface area contributed by atoms with Crippen LogP contribution in [0.3, 0.4) is 0 Å². The Morgan fingerprint density at radius 1 is 1.69 bits per heavy atom. The van der Waals surface area contributed by atoms with Crippen LogP contribution in [-0.2, 0) is 17.7 Å². The van der Waals surface area contributed by atoms with E-state index in [0.29, 0.717) is 0 Å². The third-order valence-corrected chi connectivity index (χ3v) is 3.31. The number of hydrogen-bond donors (Lipinski definition) is 1. The summed E-state index contributed by atoms with van der Waals surface area (Å²) in [5.74, 6) is -0.221. The number of thiophene rings is 1. The van der Waals surface area contributed by atoms with E-state index >= 15 is 0 Å². The molecule has 0 radical (unpaired) electrons. The number of methoxy groups -OCH3 is 1. The summed E-state index contributed by atoms with van der Waals surface area (Å²) < 4.78 is 4.70. The van der Waals surface area contributed by atoms with Crippen molar-refractivity contribution in [3.8, 4) is 0 Å². The maximum absolute atomic E-state index is 11.3. The fourth-order valence-electron chi connectivity index (χ4n) is 1.52. The lowest BCUT2D eigenvalue weighted by atomic mass is 10.1. The summed E-state index contributed by atoms with van der Waals surface area (Å²) in [6.07, 6.45) is 1.02. The first kappa shape index (κ1) is 8.72. The minimum atomic E-state index is -0.221. The molecular formula is C9H11NO2S. The Labute approximate surface area is 80.7 Å². The maximum atomic E-state index is 11.3. The first-order valence-corrected chi connectivity index (χ1v) is 5.09. The van der Waals surface area contributed by atoms with Gasteiger partial charge in [0.2, 0.25) is 0 Å². The smallest absolute Gasteiger partial charge is 0.339 e. The number of carbonyl (C=O) groups is 1. The molecule has 4 heteroatoms. The summed E-state index contributed by atoms with van der Waals surface area (Å²) in [5, 5.41) is 5.14. The molecule has 1 aliphatic rings. The van der Waals surface area contributed by atoms with Crippen molar-refractivity contribution in [3.05, 3.63) is 21.4 Å². The Balaban J connectivity index is 2.36. The van der Waals surface area contributed by atoms with E-state index in [9.17, 15) is 4.79 Å². The normalized spacial score (nSPS) is 15.2. The molecule has 0 atom stereocenters. The van der Waals surface area contributed by atoms with Crippen molar-refractivity contribution in [2.75, 3.05) is 13.7 Å². The average molecular weight is 197 g/mol. The van der Waals surface area contributed by atoms with Crippen LogP contribution in [0.4, 0.5) is 0 Å². The molecule has 3 nitrogen and oxygen atoms in total. The number of hydrogen-bond acceptors (Lipinski definition) is 4. The van der Waals surface area contributed by atoms with Gasteiger partial charge in [-0.2, -0.15) is 0 Å². The number of ether oxygens (including phenoxy) is 1. The molecule has 0 saturated heterocycles. The van der Waals surface area contributed by atoms with Gasteiger partial charge in [0, 0.05) is 23.3 Å². The van der Waals surface area contributed by atoms with Gasteiger partial charge in [-0.3, -0.25) is 0 Å². The molecule has 0 amide bonds. The number of fused-ring (bicyclic) bond motifs is 1. The lowest BCUT2D eigenvalue weighted by Crippen LogP contribution is -2.23. The second-order valence-corrected chi connectivity index (χ2v) is 3.93. The quantitative estimate of drug-likeness (QED) is 0.687. The highest BCUT2D eigenvalue weighted by molar-refractivity contribution is 7.10. The highest BCUT2D eigenvalue weighted by atomic mass is 32.1. The lowest BCUT2D eigenvalue weighted by Gasteiger charge is -2.13. The Bertz CT molecular complexity index is 332. The van der Waals surface area contributed by atoms with Crippen LogP contribution in [0.25, 0.3) is 0 Å². The van der Waals surface area contributed by atoms with Crippen LogP contribution >= 0.6 is 11.3 Å². The molecule has 1 N–H and O–H groups in total. The molecule has 70 valence electrons. The van der Waals surface area contributed by atoms with Crippen molar-refractivity contribution < 1.29 is 9.53 Å². The number of nitrogens with one attached hydrogen (secondary N) is 1. The van der Waals surface area contributed by atoms with E-state index in [1.165, 1.54) is 12.0 Å². The second-order valence-electron chi connectivity index (χ2n) is 2.97. The number of esters is 1. The summed E-state index contributed by atoms with van der Waals surface area (Å²) in [7, 11) is 1.42. The molecule has 0 aliphatic carbocycles. The van der Waals surface area contributed by atoms with Crippen LogP contribution < -0.4 is 5.32 Å². The minimum absolute atomic E-state index is 0.221. The van der Waals surface area contributed by atoms with Gasteiger partial charge < -0.3 is 10.1 Å². The van der Waals surface area contributed by atoms with Gasteiger partial charge in [0.1, 0.15) is 0 Å². The molecule has 0 unspecified atom stereocenters. The number of rotatable bonds is 1. The van der Waals surface area contributed by atoms with E-state index in [0.717, 1.165) is 30.6 Å². The van der Waals surface area contributed by atoms with E-state index in [2.05, 4.69) is 5.32 Å². The van der Waals surface area contributed by atoms with E-state index in [1.807, 2.05) is 5.38 Å². The van der Waals surface area contributed by atoms with Crippen LogP contribution in [0, 0.1) is 0 Å².